The van der Waals surface area contributed by atoms with Crippen LogP contribution in [0.25, 0.3) is 0 Å². The van der Waals surface area contributed by atoms with Gasteiger partial charge in [-0.1, -0.05) is 20.8 Å². The summed E-state index contributed by atoms with van der Waals surface area (Å²) in [7, 11) is 1.87. The van der Waals surface area contributed by atoms with E-state index >= 15 is 0 Å². The molecule has 2 heteroatoms. The summed E-state index contributed by atoms with van der Waals surface area (Å²) < 4.78 is 6.00. The average molecular weight is 265 g/mol. The highest BCUT2D eigenvalue weighted by atomic mass is 16.5. The average Bonchev–Trinajstić information content (AvgIpc) is 2.40. The van der Waals surface area contributed by atoms with Gasteiger partial charge in [0.1, 0.15) is 0 Å². The Bertz CT molecular complexity index is 314. The van der Waals surface area contributed by atoms with E-state index < -0.39 is 0 Å². The third-order valence-corrected chi connectivity index (χ3v) is 4.62. The topological polar surface area (TPSA) is 21.3 Å². The van der Waals surface area contributed by atoms with Crippen LogP contribution in [0.2, 0.25) is 0 Å². The molecule has 0 spiro atoms. The number of hydrogen-bond donors (Lipinski definition) is 1. The van der Waals surface area contributed by atoms with Gasteiger partial charge in [0.15, 0.2) is 0 Å². The second-order valence-electron chi connectivity index (χ2n) is 6.57. The fourth-order valence-corrected chi connectivity index (χ4v) is 3.01. The van der Waals surface area contributed by atoms with Crippen molar-refractivity contribution in [3.8, 4) is 11.8 Å². The van der Waals surface area contributed by atoms with Gasteiger partial charge in [-0.15, -0.1) is 11.8 Å². The zero-order chi connectivity index (χ0) is 14.4. The van der Waals surface area contributed by atoms with Crippen molar-refractivity contribution in [3.63, 3.8) is 0 Å². The maximum absolute atomic E-state index is 6.00. The number of nitrogens with one attached hydrogen (secondary N) is 1. The highest BCUT2D eigenvalue weighted by Gasteiger charge is 2.43. The zero-order valence-electron chi connectivity index (χ0n) is 13.4. The first-order chi connectivity index (χ1) is 8.99. The van der Waals surface area contributed by atoms with Crippen LogP contribution in [-0.4, -0.2) is 25.3 Å². The quantitative estimate of drug-likeness (QED) is 0.738. The third-order valence-electron chi connectivity index (χ3n) is 4.62. The summed E-state index contributed by atoms with van der Waals surface area (Å²) in [5, 5.41) is 3.67. The lowest BCUT2D eigenvalue weighted by Crippen LogP contribution is -2.54. The Labute approximate surface area is 119 Å². The lowest BCUT2D eigenvalue weighted by atomic mass is 9.68. The summed E-state index contributed by atoms with van der Waals surface area (Å²) in [6.45, 7) is 9.91. The largest absolute Gasteiger partial charge is 0.377 e. The summed E-state index contributed by atoms with van der Waals surface area (Å²) in [4.78, 5) is 0. The summed E-state index contributed by atoms with van der Waals surface area (Å²) in [5.74, 6) is 6.27. The van der Waals surface area contributed by atoms with Gasteiger partial charge in [-0.25, -0.2) is 0 Å². The van der Waals surface area contributed by atoms with Crippen molar-refractivity contribution in [3.05, 3.63) is 0 Å². The van der Waals surface area contributed by atoms with Crippen LogP contribution in [0.5, 0.6) is 0 Å². The molecule has 1 aliphatic carbocycles. The van der Waals surface area contributed by atoms with E-state index in [0.29, 0.717) is 11.5 Å². The molecular formula is C17H31NO. The lowest BCUT2D eigenvalue weighted by molar-refractivity contribution is -0.0851. The zero-order valence-corrected chi connectivity index (χ0v) is 13.4. The van der Waals surface area contributed by atoms with Crippen LogP contribution in [0.1, 0.15) is 66.2 Å². The minimum atomic E-state index is -0.0193. The van der Waals surface area contributed by atoms with Crippen LogP contribution in [0.3, 0.4) is 0 Å². The Balaban J connectivity index is 2.78. The molecule has 0 radical (unpaired) electrons. The van der Waals surface area contributed by atoms with Crippen LogP contribution in [0, 0.1) is 17.3 Å². The van der Waals surface area contributed by atoms with E-state index in [1.54, 1.807) is 0 Å². The molecule has 0 aromatic heterocycles. The smallest absolute Gasteiger partial charge is 0.0840 e. The van der Waals surface area contributed by atoms with Crippen LogP contribution >= 0.6 is 0 Å². The Hall–Kier alpha value is -0.520. The first kappa shape index (κ1) is 16.5. The predicted molar refractivity (Wildman–Crippen MR) is 82.1 cm³/mol. The summed E-state index contributed by atoms with van der Waals surface area (Å²) in [5.41, 5.74) is 0.447. The van der Waals surface area contributed by atoms with Crippen molar-refractivity contribution in [1.82, 2.24) is 5.32 Å². The number of ether oxygens (including phenoxy) is 1. The van der Waals surface area contributed by atoms with Crippen LogP contribution in [0.15, 0.2) is 0 Å². The van der Waals surface area contributed by atoms with Crippen LogP contribution in [-0.2, 0) is 4.74 Å². The third kappa shape index (κ3) is 4.51. The van der Waals surface area contributed by atoms with E-state index in [0.717, 1.165) is 32.2 Å². The fraction of sp³-hybridized carbons (Fsp3) is 0.882. The standard InChI is InChI=1S/C17H31NO/c1-6-8-9-15(18-14-7-2)17(19-5)12-10-16(3,4)11-13-17/h15,18H,7,9-14H2,1-5H3. The molecule has 0 aromatic rings. The van der Waals surface area contributed by atoms with E-state index in [2.05, 4.69) is 37.9 Å². The van der Waals surface area contributed by atoms with Gasteiger partial charge in [-0.3, -0.25) is 0 Å². The highest BCUT2D eigenvalue weighted by Crippen LogP contribution is 2.43. The van der Waals surface area contributed by atoms with Gasteiger partial charge < -0.3 is 10.1 Å². The summed E-state index contributed by atoms with van der Waals surface area (Å²) in [6.07, 6.45) is 6.81. The summed E-state index contributed by atoms with van der Waals surface area (Å²) >= 11 is 0. The Morgan fingerprint density at radius 3 is 2.32 bits per heavy atom. The summed E-state index contributed by atoms with van der Waals surface area (Å²) in [6, 6.07) is 0.362. The number of rotatable bonds is 6. The van der Waals surface area contributed by atoms with Crippen molar-refractivity contribution < 1.29 is 4.74 Å². The Morgan fingerprint density at radius 2 is 1.84 bits per heavy atom. The molecule has 0 bridgehead atoms. The fourth-order valence-electron chi connectivity index (χ4n) is 3.01. The Morgan fingerprint density at radius 1 is 1.21 bits per heavy atom. The monoisotopic (exact) mass is 265 g/mol. The molecule has 19 heavy (non-hydrogen) atoms. The Kier molecular flexibility index (Phi) is 6.36. The van der Waals surface area contributed by atoms with Gasteiger partial charge in [0.25, 0.3) is 0 Å². The molecule has 1 fully saturated rings. The lowest BCUT2D eigenvalue weighted by Gasteiger charge is -2.47. The van der Waals surface area contributed by atoms with Crippen LogP contribution < -0.4 is 5.32 Å². The van der Waals surface area contributed by atoms with E-state index in [4.69, 9.17) is 4.74 Å². The molecule has 1 N–H and O–H groups in total. The van der Waals surface area contributed by atoms with Gasteiger partial charge in [-0.05, 0) is 51.0 Å². The van der Waals surface area contributed by atoms with E-state index in [1.165, 1.54) is 12.8 Å². The molecule has 0 aliphatic heterocycles. The SMILES string of the molecule is CC#CCC(NCCC)C1(OC)CCC(C)(C)CC1. The second kappa shape index (κ2) is 7.31. The molecule has 1 rings (SSSR count). The molecule has 0 heterocycles. The minimum Gasteiger partial charge on any atom is -0.377 e. The van der Waals surface area contributed by atoms with Gasteiger partial charge in [0, 0.05) is 19.6 Å². The maximum Gasteiger partial charge on any atom is 0.0840 e. The molecule has 1 unspecified atom stereocenters. The van der Waals surface area contributed by atoms with Gasteiger partial charge in [0.05, 0.1) is 5.60 Å². The van der Waals surface area contributed by atoms with Gasteiger partial charge in [0.2, 0.25) is 0 Å². The van der Waals surface area contributed by atoms with Crippen molar-refractivity contribution in [2.45, 2.75) is 77.9 Å². The van der Waals surface area contributed by atoms with Gasteiger partial charge >= 0.3 is 0 Å². The molecule has 0 aromatic carbocycles. The molecule has 1 saturated carbocycles. The van der Waals surface area contributed by atoms with Crippen LogP contribution in [0.4, 0.5) is 0 Å². The maximum atomic E-state index is 6.00. The first-order valence-corrected chi connectivity index (χ1v) is 7.68. The van der Waals surface area contributed by atoms with Crippen molar-refractivity contribution >= 4 is 0 Å². The number of methoxy groups -OCH3 is 1. The minimum absolute atomic E-state index is 0.0193. The molecule has 1 atom stereocenters. The van der Waals surface area contributed by atoms with E-state index in [9.17, 15) is 0 Å². The molecule has 0 saturated heterocycles. The predicted octanol–water partition coefficient (Wildman–Crippen LogP) is 3.75. The second-order valence-corrected chi connectivity index (χ2v) is 6.57. The van der Waals surface area contributed by atoms with Crippen molar-refractivity contribution in [1.29, 1.82) is 0 Å². The van der Waals surface area contributed by atoms with Crippen molar-refractivity contribution in [2.75, 3.05) is 13.7 Å². The number of hydrogen-bond acceptors (Lipinski definition) is 2. The molecule has 1 aliphatic rings. The van der Waals surface area contributed by atoms with E-state index in [-0.39, 0.29) is 5.60 Å². The molecule has 0 amide bonds. The molecule has 2 nitrogen and oxygen atoms in total. The normalized spacial score (nSPS) is 22.4. The first-order valence-electron chi connectivity index (χ1n) is 7.68. The van der Waals surface area contributed by atoms with Crippen molar-refractivity contribution in [2.24, 2.45) is 5.41 Å². The van der Waals surface area contributed by atoms with Gasteiger partial charge in [-0.2, -0.15) is 0 Å². The highest BCUT2D eigenvalue weighted by molar-refractivity contribution is 5.06. The molecular weight excluding hydrogens is 234 g/mol. The molecule has 110 valence electrons. The van der Waals surface area contributed by atoms with E-state index in [1.807, 2.05) is 14.0 Å².